The number of rotatable bonds is 2. The lowest BCUT2D eigenvalue weighted by Crippen LogP contribution is -2.15. The monoisotopic (exact) mass is 375 g/mol. The second-order valence-electron chi connectivity index (χ2n) is 3.91. The minimum Gasteiger partial charge on any atom is -0.320 e. The van der Waals surface area contributed by atoms with Crippen LogP contribution < -0.4 is 5.32 Å². The number of aryl methyl sites for hydroxylation is 2. The van der Waals surface area contributed by atoms with Crippen molar-refractivity contribution in [1.29, 1.82) is 0 Å². The highest BCUT2D eigenvalue weighted by Gasteiger charge is 2.15. The minimum absolute atomic E-state index is 0.231. The van der Waals surface area contributed by atoms with Gasteiger partial charge in [0.1, 0.15) is 0 Å². The number of hydrogen-bond acceptors (Lipinski definition) is 2. The van der Waals surface area contributed by atoms with Crippen LogP contribution in [-0.4, -0.2) is 15.7 Å². The van der Waals surface area contributed by atoms with Gasteiger partial charge in [-0.25, -0.2) is 0 Å². The number of hydrogen-bond donors (Lipinski definition) is 1. The summed E-state index contributed by atoms with van der Waals surface area (Å²) in [5, 5.41) is 7.53. The number of amides is 1. The van der Waals surface area contributed by atoms with Crippen molar-refractivity contribution in [2.45, 2.75) is 6.92 Å². The van der Waals surface area contributed by atoms with Crippen LogP contribution in [0.5, 0.6) is 0 Å². The molecule has 94 valence electrons. The fourth-order valence-electron chi connectivity index (χ4n) is 1.52. The molecule has 0 bridgehead atoms. The lowest BCUT2D eigenvalue weighted by Gasteiger charge is -2.07. The van der Waals surface area contributed by atoms with Crippen molar-refractivity contribution >= 4 is 45.8 Å². The highest BCUT2D eigenvalue weighted by molar-refractivity contribution is 14.1. The summed E-state index contributed by atoms with van der Waals surface area (Å²) in [5.74, 6) is -0.231. The SMILES string of the molecule is Cc1ccc(Cl)cc1NC(=O)c1nn(C)cc1I. The smallest absolute Gasteiger partial charge is 0.277 e. The molecule has 1 aromatic heterocycles. The van der Waals surface area contributed by atoms with Crippen molar-refractivity contribution in [3.05, 3.63) is 44.2 Å². The molecule has 0 unspecified atom stereocenters. The van der Waals surface area contributed by atoms with Crippen molar-refractivity contribution in [3.8, 4) is 0 Å². The maximum atomic E-state index is 12.1. The van der Waals surface area contributed by atoms with Gasteiger partial charge in [-0.05, 0) is 47.2 Å². The topological polar surface area (TPSA) is 46.9 Å². The summed E-state index contributed by atoms with van der Waals surface area (Å²) < 4.78 is 2.42. The van der Waals surface area contributed by atoms with Crippen LogP contribution in [0.1, 0.15) is 16.1 Å². The quantitative estimate of drug-likeness (QED) is 0.819. The van der Waals surface area contributed by atoms with Gasteiger partial charge < -0.3 is 5.32 Å². The van der Waals surface area contributed by atoms with E-state index in [1.54, 1.807) is 30.1 Å². The first-order valence-electron chi connectivity index (χ1n) is 5.24. The third-order valence-electron chi connectivity index (χ3n) is 2.45. The second kappa shape index (κ2) is 5.27. The standard InChI is InChI=1S/C12H11ClIN3O/c1-7-3-4-8(13)5-10(7)15-12(18)11-9(14)6-17(2)16-11/h3-6H,1-2H3,(H,15,18). The number of carbonyl (C=O) groups excluding carboxylic acids is 1. The Kier molecular flexibility index (Phi) is 3.91. The first kappa shape index (κ1) is 13.4. The molecule has 0 aliphatic rings. The predicted octanol–water partition coefficient (Wildman–Crippen LogP) is 3.24. The summed E-state index contributed by atoms with van der Waals surface area (Å²) in [7, 11) is 1.78. The van der Waals surface area contributed by atoms with Crippen LogP contribution in [0.25, 0.3) is 0 Å². The van der Waals surface area contributed by atoms with Gasteiger partial charge in [0.2, 0.25) is 0 Å². The first-order chi connectivity index (χ1) is 8.47. The molecule has 2 aromatic rings. The summed E-state index contributed by atoms with van der Waals surface area (Å²) in [6, 6.07) is 5.38. The molecule has 1 N–H and O–H groups in total. The van der Waals surface area contributed by atoms with E-state index in [-0.39, 0.29) is 5.91 Å². The maximum absolute atomic E-state index is 12.1. The van der Waals surface area contributed by atoms with E-state index in [1.165, 1.54) is 0 Å². The summed E-state index contributed by atoms with van der Waals surface area (Å²) in [5.41, 5.74) is 2.07. The van der Waals surface area contributed by atoms with Crippen molar-refractivity contribution in [2.75, 3.05) is 5.32 Å². The van der Waals surface area contributed by atoms with Crippen molar-refractivity contribution in [2.24, 2.45) is 7.05 Å². The Bertz CT molecular complexity index is 609. The molecule has 18 heavy (non-hydrogen) atoms. The number of halogens is 2. The predicted molar refractivity (Wildman–Crippen MR) is 80.1 cm³/mol. The van der Waals surface area contributed by atoms with Gasteiger partial charge in [-0.1, -0.05) is 17.7 Å². The van der Waals surface area contributed by atoms with E-state index in [4.69, 9.17) is 11.6 Å². The van der Waals surface area contributed by atoms with Gasteiger partial charge in [-0.15, -0.1) is 0 Å². The van der Waals surface area contributed by atoms with Crippen LogP contribution in [0.15, 0.2) is 24.4 Å². The van der Waals surface area contributed by atoms with Crippen LogP contribution in [0, 0.1) is 10.5 Å². The molecule has 0 fully saturated rings. The molecule has 0 aliphatic carbocycles. The normalized spacial score (nSPS) is 10.4. The summed E-state index contributed by atoms with van der Waals surface area (Å²) >= 11 is 7.99. The Morgan fingerprint density at radius 1 is 1.50 bits per heavy atom. The molecule has 1 aromatic carbocycles. The number of nitrogens with zero attached hydrogens (tertiary/aromatic N) is 2. The molecule has 0 saturated heterocycles. The molecule has 4 nitrogen and oxygen atoms in total. The van der Waals surface area contributed by atoms with E-state index in [9.17, 15) is 4.79 Å². The zero-order valence-corrected chi connectivity index (χ0v) is 12.8. The first-order valence-corrected chi connectivity index (χ1v) is 6.69. The Morgan fingerprint density at radius 2 is 2.22 bits per heavy atom. The van der Waals surface area contributed by atoms with Gasteiger partial charge in [0, 0.05) is 24.0 Å². The van der Waals surface area contributed by atoms with E-state index in [0.717, 1.165) is 9.13 Å². The number of anilines is 1. The van der Waals surface area contributed by atoms with Gasteiger partial charge in [0.05, 0.1) is 3.57 Å². The molecular weight excluding hydrogens is 365 g/mol. The average molecular weight is 376 g/mol. The van der Waals surface area contributed by atoms with E-state index in [2.05, 4.69) is 33.0 Å². The third kappa shape index (κ3) is 2.84. The molecule has 0 radical (unpaired) electrons. The zero-order valence-electron chi connectivity index (χ0n) is 9.87. The summed E-state index contributed by atoms with van der Waals surface area (Å²) in [6.07, 6.45) is 1.79. The molecule has 1 amide bonds. The highest BCUT2D eigenvalue weighted by Crippen LogP contribution is 2.21. The van der Waals surface area contributed by atoms with Gasteiger partial charge in [0.15, 0.2) is 5.69 Å². The van der Waals surface area contributed by atoms with Crippen molar-refractivity contribution in [3.63, 3.8) is 0 Å². The van der Waals surface area contributed by atoms with Crippen LogP contribution in [0.3, 0.4) is 0 Å². The zero-order chi connectivity index (χ0) is 13.3. The highest BCUT2D eigenvalue weighted by atomic mass is 127. The van der Waals surface area contributed by atoms with Gasteiger partial charge in [0.25, 0.3) is 5.91 Å². The largest absolute Gasteiger partial charge is 0.320 e. The number of nitrogens with one attached hydrogen (secondary N) is 1. The molecule has 6 heteroatoms. The molecule has 0 aliphatic heterocycles. The van der Waals surface area contributed by atoms with E-state index in [0.29, 0.717) is 16.4 Å². The van der Waals surface area contributed by atoms with E-state index in [1.807, 2.05) is 13.0 Å². The lowest BCUT2D eigenvalue weighted by atomic mass is 10.2. The van der Waals surface area contributed by atoms with E-state index >= 15 is 0 Å². The Hall–Kier alpha value is -1.08. The fraction of sp³-hybridized carbons (Fsp3) is 0.167. The maximum Gasteiger partial charge on any atom is 0.277 e. The molecule has 2 rings (SSSR count). The van der Waals surface area contributed by atoms with Crippen LogP contribution in [0.2, 0.25) is 5.02 Å². The molecule has 0 saturated carbocycles. The van der Waals surface area contributed by atoms with Crippen LogP contribution in [-0.2, 0) is 7.05 Å². The lowest BCUT2D eigenvalue weighted by molar-refractivity contribution is 0.102. The van der Waals surface area contributed by atoms with Gasteiger partial charge >= 0.3 is 0 Å². The second-order valence-corrected chi connectivity index (χ2v) is 5.51. The van der Waals surface area contributed by atoms with Crippen LogP contribution in [0.4, 0.5) is 5.69 Å². The number of carbonyl (C=O) groups is 1. The van der Waals surface area contributed by atoms with E-state index < -0.39 is 0 Å². The van der Waals surface area contributed by atoms with Crippen molar-refractivity contribution in [1.82, 2.24) is 9.78 Å². The minimum atomic E-state index is -0.231. The van der Waals surface area contributed by atoms with Crippen LogP contribution >= 0.6 is 34.2 Å². The molecule has 1 heterocycles. The Morgan fingerprint density at radius 3 is 2.83 bits per heavy atom. The Balaban J connectivity index is 2.26. The molecular formula is C12H11ClIN3O. The molecule has 0 spiro atoms. The summed E-state index contributed by atoms with van der Waals surface area (Å²) in [6.45, 7) is 1.91. The average Bonchev–Trinajstić information content (AvgIpc) is 2.63. The number of aromatic nitrogens is 2. The summed E-state index contributed by atoms with van der Waals surface area (Å²) in [4.78, 5) is 12.1. The fourth-order valence-corrected chi connectivity index (χ4v) is 2.45. The third-order valence-corrected chi connectivity index (χ3v) is 3.47. The van der Waals surface area contributed by atoms with Gasteiger partial charge in [-0.3, -0.25) is 9.48 Å². The molecule has 0 atom stereocenters. The van der Waals surface area contributed by atoms with Gasteiger partial charge in [-0.2, -0.15) is 5.10 Å². The Labute approximate surface area is 123 Å². The number of benzene rings is 1. The van der Waals surface area contributed by atoms with Crippen molar-refractivity contribution < 1.29 is 4.79 Å².